The van der Waals surface area contributed by atoms with Gasteiger partial charge in [0.2, 0.25) is 5.91 Å². The average molecular weight is 288 g/mol. The van der Waals surface area contributed by atoms with Gasteiger partial charge in [0.05, 0.1) is 10.5 Å². The highest BCUT2D eigenvalue weighted by Gasteiger charge is 2.23. The van der Waals surface area contributed by atoms with Gasteiger partial charge in [0.1, 0.15) is 0 Å². The van der Waals surface area contributed by atoms with Crippen LogP contribution in [0.1, 0.15) is 38.2 Å². The molecule has 0 N–H and O–H groups in total. The standard InChI is InChI=1S/C16H20N2O3/c1-2-14-8-5-6-12-17(14)16(19)11-10-13-7-3-4-9-15(13)18(20)21/h3-4,7,9-11,14H,2,5-6,8,12H2,1H3/b11-10+. The number of nitro benzene ring substituents is 1. The van der Waals surface area contributed by atoms with E-state index in [1.165, 1.54) is 12.1 Å². The lowest BCUT2D eigenvalue weighted by Crippen LogP contribution is -2.42. The normalized spacial score (nSPS) is 18.9. The first-order valence-electron chi connectivity index (χ1n) is 7.35. The second-order valence-corrected chi connectivity index (χ2v) is 5.24. The van der Waals surface area contributed by atoms with E-state index in [1.807, 2.05) is 4.90 Å². The Bertz CT molecular complexity index is 554. The Kier molecular flexibility index (Phi) is 5.09. The third-order valence-corrected chi connectivity index (χ3v) is 3.92. The zero-order valence-electron chi connectivity index (χ0n) is 12.2. The smallest absolute Gasteiger partial charge is 0.276 e. The number of amides is 1. The van der Waals surface area contributed by atoms with Crippen LogP contribution < -0.4 is 0 Å². The minimum absolute atomic E-state index is 0.0206. The third kappa shape index (κ3) is 3.68. The van der Waals surface area contributed by atoms with Crippen LogP contribution in [0.15, 0.2) is 30.3 Å². The molecule has 21 heavy (non-hydrogen) atoms. The number of hydrogen-bond acceptors (Lipinski definition) is 3. The minimum atomic E-state index is -0.431. The summed E-state index contributed by atoms with van der Waals surface area (Å²) in [5, 5.41) is 10.9. The van der Waals surface area contributed by atoms with Crippen molar-refractivity contribution in [2.24, 2.45) is 0 Å². The van der Waals surface area contributed by atoms with E-state index in [9.17, 15) is 14.9 Å². The van der Waals surface area contributed by atoms with Gasteiger partial charge in [-0.05, 0) is 37.8 Å². The van der Waals surface area contributed by atoms with Crippen molar-refractivity contribution in [3.05, 3.63) is 46.0 Å². The van der Waals surface area contributed by atoms with E-state index in [1.54, 1.807) is 24.3 Å². The molecular formula is C16H20N2O3. The topological polar surface area (TPSA) is 63.5 Å². The lowest BCUT2D eigenvalue weighted by atomic mass is 10.00. The monoisotopic (exact) mass is 288 g/mol. The van der Waals surface area contributed by atoms with E-state index < -0.39 is 4.92 Å². The van der Waals surface area contributed by atoms with Crippen molar-refractivity contribution in [1.82, 2.24) is 4.90 Å². The number of hydrogen-bond donors (Lipinski definition) is 0. The van der Waals surface area contributed by atoms with Gasteiger partial charge in [0, 0.05) is 24.7 Å². The molecule has 0 bridgehead atoms. The summed E-state index contributed by atoms with van der Waals surface area (Å²) < 4.78 is 0. The fraction of sp³-hybridized carbons (Fsp3) is 0.438. The Morgan fingerprint density at radius 1 is 1.43 bits per heavy atom. The molecule has 1 fully saturated rings. The van der Waals surface area contributed by atoms with Gasteiger partial charge >= 0.3 is 0 Å². The molecule has 1 saturated heterocycles. The zero-order chi connectivity index (χ0) is 15.2. The van der Waals surface area contributed by atoms with Crippen molar-refractivity contribution in [3.8, 4) is 0 Å². The second-order valence-electron chi connectivity index (χ2n) is 5.24. The number of piperidine rings is 1. The summed E-state index contributed by atoms with van der Waals surface area (Å²) in [6, 6.07) is 6.73. The molecule has 1 heterocycles. The molecule has 1 aromatic carbocycles. The fourth-order valence-corrected chi connectivity index (χ4v) is 2.77. The van der Waals surface area contributed by atoms with Crippen molar-refractivity contribution >= 4 is 17.7 Å². The van der Waals surface area contributed by atoms with Gasteiger partial charge in [-0.2, -0.15) is 0 Å². The Morgan fingerprint density at radius 3 is 2.90 bits per heavy atom. The molecule has 1 aliphatic heterocycles. The SMILES string of the molecule is CCC1CCCCN1C(=O)/C=C/c1ccccc1[N+](=O)[O-]. The number of carbonyl (C=O) groups excluding carboxylic acids is 1. The lowest BCUT2D eigenvalue weighted by molar-refractivity contribution is -0.385. The maximum absolute atomic E-state index is 12.3. The Hall–Kier alpha value is -2.17. The molecule has 1 unspecified atom stereocenters. The number of carbonyl (C=O) groups is 1. The van der Waals surface area contributed by atoms with E-state index in [4.69, 9.17) is 0 Å². The highest BCUT2D eigenvalue weighted by Crippen LogP contribution is 2.22. The zero-order valence-corrected chi connectivity index (χ0v) is 12.2. The molecule has 1 atom stereocenters. The summed E-state index contributed by atoms with van der Waals surface area (Å²) in [6.45, 7) is 2.86. The van der Waals surface area contributed by atoms with Crippen molar-refractivity contribution in [1.29, 1.82) is 0 Å². The van der Waals surface area contributed by atoms with Crippen molar-refractivity contribution in [2.45, 2.75) is 38.6 Å². The van der Waals surface area contributed by atoms with Crippen LogP contribution in [0.25, 0.3) is 6.08 Å². The molecule has 0 spiro atoms. The molecule has 112 valence electrons. The van der Waals surface area contributed by atoms with Crippen LogP contribution in [0.2, 0.25) is 0 Å². The van der Waals surface area contributed by atoms with Crippen molar-refractivity contribution in [2.75, 3.05) is 6.54 Å². The number of likely N-dealkylation sites (tertiary alicyclic amines) is 1. The van der Waals surface area contributed by atoms with E-state index in [-0.39, 0.29) is 11.6 Å². The first-order chi connectivity index (χ1) is 10.1. The van der Waals surface area contributed by atoms with Gasteiger partial charge in [-0.3, -0.25) is 14.9 Å². The summed E-state index contributed by atoms with van der Waals surface area (Å²) in [5.74, 6) is -0.0558. The number of para-hydroxylation sites is 1. The van der Waals surface area contributed by atoms with Crippen LogP contribution in [0.4, 0.5) is 5.69 Å². The summed E-state index contributed by atoms with van der Waals surface area (Å²) in [6.07, 6.45) is 7.18. The molecule has 2 rings (SSSR count). The van der Waals surface area contributed by atoms with Crippen molar-refractivity contribution < 1.29 is 9.72 Å². The highest BCUT2D eigenvalue weighted by molar-refractivity contribution is 5.92. The molecule has 5 heteroatoms. The summed E-state index contributed by atoms with van der Waals surface area (Å²) in [7, 11) is 0. The first-order valence-corrected chi connectivity index (χ1v) is 7.35. The number of nitro groups is 1. The van der Waals surface area contributed by atoms with E-state index in [0.29, 0.717) is 11.6 Å². The van der Waals surface area contributed by atoms with Crippen LogP contribution in [0.5, 0.6) is 0 Å². The van der Waals surface area contributed by atoms with Crippen LogP contribution in [-0.4, -0.2) is 28.3 Å². The molecule has 0 radical (unpaired) electrons. The van der Waals surface area contributed by atoms with E-state index >= 15 is 0 Å². The van der Waals surface area contributed by atoms with Gasteiger partial charge in [0.15, 0.2) is 0 Å². The number of benzene rings is 1. The molecule has 1 aromatic rings. The van der Waals surface area contributed by atoms with Gasteiger partial charge < -0.3 is 4.90 Å². The molecule has 1 amide bonds. The highest BCUT2D eigenvalue weighted by atomic mass is 16.6. The molecular weight excluding hydrogens is 268 g/mol. The van der Waals surface area contributed by atoms with Gasteiger partial charge in [-0.15, -0.1) is 0 Å². The van der Waals surface area contributed by atoms with E-state index in [0.717, 1.165) is 32.2 Å². The minimum Gasteiger partial charge on any atom is -0.336 e. The lowest BCUT2D eigenvalue weighted by Gasteiger charge is -2.34. The summed E-state index contributed by atoms with van der Waals surface area (Å²) in [4.78, 5) is 24.7. The van der Waals surface area contributed by atoms with Crippen LogP contribution in [0.3, 0.4) is 0 Å². The first kappa shape index (κ1) is 15.2. The van der Waals surface area contributed by atoms with Crippen LogP contribution in [0, 0.1) is 10.1 Å². The van der Waals surface area contributed by atoms with Crippen LogP contribution in [-0.2, 0) is 4.79 Å². The predicted octanol–water partition coefficient (Wildman–Crippen LogP) is 3.40. The Morgan fingerprint density at radius 2 is 2.19 bits per heavy atom. The van der Waals surface area contributed by atoms with Crippen LogP contribution >= 0.6 is 0 Å². The second kappa shape index (κ2) is 7.02. The maximum Gasteiger partial charge on any atom is 0.276 e. The average Bonchev–Trinajstić information content (AvgIpc) is 2.52. The predicted molar refractivity (Wildman–Crippen MR) is 81.8 cm³/mol. The molecule has 1 aliphatic rings. The maximum atomic E-state index is 12.3. The van der Waals surface area contributed by atoms with Gasteiger partial charge in [-0.25, -0.2) is 0 Å². The van der Waals surface area contributed by atoms with Gasteiger partial charge in [0.25, 0.3) is 5.69 Å². The van der Waals surface area contributed by atoms with Gasteiger partial charge in [-0.1, -0.05) is 19.1 Å². The Balaban J connectivity index is 2.13. The Labute approximate surface area is 124 Å². The fourth-order valence-electron chi connectivity index (χ4n) is 2.77. The number of nitrogens with zero attached hydrogens (tertiary/aromatic N) is 2. The van der Waals surface area contributed by atoms with E-state index in [2.05, 4.69) is 6.92 Å². The third-order valence-electron chi connectivity index (χ3n) is 3.92. The summed E-state index contributed by atoms with van der Waals surface area (Å²) in [5.41, 5.74) is 0.480. The summed E-state index contributed by atoms with van der Waals surface area (Å²) >= 11 is 0. The largest absolute Gasteiger partial charge is 0.336 e. The molecule has 5 nitrogen and oxygen atoms in total. The molecule has 0 aliphatic carbocycles. The molecule has 0 saturated carbocycles. The quantitative estimate of drug-likeness (QED) is 0.484. The number of rotatable bonds is 4. The molecule has 0 aromatic heterocycles. The van der Waals surface area contributed by atoms with Crippen molar-refractivity contribution in [3.63, 3.8) is 0 Å².